The molecule has 1 aromatic heterocycles. The van der Waals surface area contributed by atoms with Crippen molar-refractivity contribution in [2.24, 2.45) is 0 Å². The molecule has 0 aliphatic carbocycles. The van der Waals surface area contributed by atoms with Crippen molar-refractivity contribution in [2.75, 3.05) is 7.11 Å². The summed E-state index contributed by atoms with van der Waals surface area (Å²) in [5.41, 5.74) is 0.609. The first-order chi connectivity index (χ1) is 11.0. The Morgan fingerprint density at radius 1 is 1.30 bits per heavy atom. The van der Waals surface area contributed by atoms with Crippen molar-refractivity contribution < 1.29 is 19.4 Å². The largest absolute Gasteiger partial charge is 0.494 e. The van der Waals surface area contributed by atoms with E-state index in [4.69, 9.17) is 21.4 Å². The number of halogens is 1. The van der Waals surface area contributed by atoms with Crippen LogP contribution in [0.3, 0.4) is 0 Å². The topological polar surface area (TPSA) is 88.5 Å². The number of carbonyl (C=O) groups excluding carboxylic acids is 1. The molecule has 2 rings (SSSR count). The first-order valence-electron chi connectivity index (χ1n) is 6.79. The predicted octanol–water partition coefficient (Wildman–Crippen LogP) is 2.69. The molecule has 1 atom stereocenters. The van der Waals surface area contributed by atoms with Gasteiger partial charge in [0.2, 0.25) is 0 Å². The molecule has 6 nitrogen and oxygen atoms in total. The fourth-order valence-electron chi connectivity index (χ4n) is 2.12. The lowest BCUT2D eigenvalue weighted by Crippen LogP contribution is -2.31. The monoisotopic (exact) mass is 334 g/mol. The standard InChI is InChI=1S/C16H15ClN2O4/c1-23-13-7-4-8-18-15(13)16(22)19-12(9-14(20)21)10-5-2-3-6-11(10)17/h2-8,12H,9H2,1H3,(H,19,22)(H,20,21)/t12-/m0/s1. The van der Waals surface area contributed by atoms with E-state index in [1.807, 2.05) is 0 Å². The number of rotatable bonds is 6. The van der Waals surface area contributed by atoms with Crippen molar-refractivity contribution in [3.05, 3.63) is 58.9 Å². The molecule has 1 amide bonds. The van der Waals surface area contributed by atoms with Crippen molar-refractivity contribution in [2.45, 2.75) is 12.5 Å². The Morgan fingerprint density at radius 2 is 2.04 bits per heavy atom. The van der Waals surface area contributed by atoms with Gasteiger partial charge in [-0.25, -0.2) is 4.98 Å². The molecule has 0 saturated carbocycles. The van der Waals surface area contributed by atoms with E-state index in [0.29, 0.717) is 16.3 Å². The molecule has 120 valence electrons. The van der Waals surface area contributed by atoms with Crippen LogP contribution in [0.2, 0.25) is 5.02 Å². The highest BCUT2D eigenvalue weighted by molar-refractivity contribution is 6.31. The van der Waals surface area contributed by atoms with E-state index in [2.05, 4.69) is 10.3 Å². The Morgan fingerprint density at radius 3 is 2.70 bits per heavy atom. The number of hydrogen-bond acceptors (Lipinski definition) is 4. The molecule has 0 spiro atoms. The minimum Gasteiger partial charge on any atom is -0.494 e. The van der Waals surface area contributed by atoms with Crippen LogP contribution in [-0.4, -0.2) is 29.1 Å². The average Bonchev–Trinajstić information content (AvgIpc) is 2.54. The lowest BCUT2D eigenvalue weighted by Gasteiger charge is -2.19. The van der Waals surface area contributed by atoms with Crippen LogP contribution in [-0.2, 0) is 4.79 Å². The van der Waals surface area contributed by atoms with E-state index in [1.54, 1.807) is 36.4 Å². The van der Waals surface area contributed by atoms with E-state index in [0.717, 1.165) is 0 Å². The number of amides is 1. The molecule has 1 heterocycles. The Bertz CT molecular complexity index is 721. The summed E-state index contributed by atoms with van der Waals surface area (Å²) in [6.45, 7) is 0. The SMILES string of the molecule is COc1cccnc1C(=O)N[C@@H](CC(=O)O)c1ccccc1Cl. The van der Waals surface area contributed by atoms with Gasteiger partial charge in [-0.3, -0.25) is 9.59 Å². The quantitative estimate of drug-likeness (QED) is 0.848. The maximum atomic E-state index is 12.4. The lowest BCUT2D eigenvalue weighted by atomic mass is 10.0. The van der Waals surface area contributed by atoms with Gasteiger partial charge in [0.05, 0.1) is 19.6 Å². The Kier molecular flexibility index (Phi) is 5.54. The smallest absolute Gasteiger partial charge is 0.305 e. The number of aliphatic carboxylic acids is 1. The van der Waals surface area contributed by atoms with Crippen molar-refractivity contribution in [1.29, 1.82) is 0 Å². The highest BCUT2D eigenvalue weighted by Crippen LogP contribution is 2.26. The highest BCUT2D eigenvalue weighted by Gasteiger charge is 2.23. The minimum absolute atomic E-state index is 0.0810. The molecule has 2 N–H and O–H groups in total. The summed E-state index contributed by atoms with van der Waals surface area (Å²) in [7, 11) is 1.43. The molecule has 0 fully saturated rings. The zero-order chi connectivity index (χ0) is 16.8. The van der Waals surface area contributed by atoms with E-state index in [-0.39, 0.29) is 12.1 Å². The van der Waals surface area contributed by atoms with Gasteiger partial charge in [-0.05, 0) is 23.8 Å². The van der Waals surface area contributed by atoms with Crippen LogP contribution in [0, 0.1) is 0 Å². The number of ether oxygens (including phenoxy) is 1. The van der Waals surface area contributed by atoms with Gasteiger partial charge in [-0.15, -0.1) is 0 Å². The number of aromatic nitrogens is 1. The predicted molar refractivity (Wildman–Crippen MR) is 84.7 cm³/mol. The van der Waals surface area contributed by atoms with Crippen LogP contribution in [0.4, 0.5) is 0 Å². The van der Waals surface area contributed by atoms with E-state index in [1.165, 1.54) is 13.3 Å². The number of nitrogens with zero attached hydrogens (tertiary/aromatic N) is 1. The highest BCUT2D eigenvalue weighted by atomic mass is 35.5. The molecule has 0 aliphatic heterocycles. The van der Waals surface area contributed by atoms with Crippen LogP contribution < -0.4 is 10.1 Å². The van der Waals surface area contributed by atoms with E-state index >= 15 is 0 Å². The number of carbonyl (C=O) groups is 2. The van der Waals surface area contributed by atoms with Crippen LogP contribution in [0.25, 0.3) is 0 Å². The Hall–Kier alpha value is -2.60. The number of benzene rings is 1. The van der Waals surface area contributed by atoms with E-state index < -0.39 is 17.9 Å². The summed E-state index contributed by atoms with van der Waals surface area (Å²) >= 11 is 6.11. The molecule has 1 aromatic carbocycles. The normalized spacial score (nSPS) is 11.6. The number of pyridine rings is 1. The number of hydrogen-bond donors (Lipinski definition) is 2. The van der Waals surface area contributed by atoms with Gasteiger partial charge >= 0.3 is 5.97 Å². The third kappa shape index (κ3) is 4.20. The van der Waals surface area contributed by atoms with Crippen LogP contribution in [0.15, 0.2) is 42.6 Å². The van der Waals surface area contributed by atoms with Gasteiger partial charge < -0.3 is 15.2 Å². The second-order valence-electron chi connectivity index (χ2n) is 4.70. The first-order valence-corrected chi connectivity index (χ1v) is 7.16. The molecule has 0 saturated heterocycles. The van der Waals surface area contributed by atoms with Crippen LogP contribution >= 0.6 is 11.6 Å². The lowest BCUT2D eigenvalue weighted by molar-refractivity contribution is -0.137. The molecular weight excluding hydrogens is 320 g/mol. The average molecular weight is 335 g/mol. The molecule has 0 bridgehead atoms. The summed E-state index contributed by atoms with van der Waals surface area (Å²) < 4.78 is 5.09. The molecular formula is C16H15ClN2O4. The van der Waals surface area contributed by atoms with E-state index in [9.17, 15) is 9.59 Å². The summed E-state index contributed by atoms with van der Waals surface area (Å²) in [5.74, 6) is -1.28. The van der Waals surface area contributed by atoms with Crippen molar-refractivity contribution in [1.82, 2.24) is 10.3 Å². The summed E-state index contributed by atoms with van der Waals surface area (Å²) in [6, 6.07) is 9.23. The van der Waals surface area contributed by atoms with Crippen molar-refractivity contribution >= 4 is 23.5 Å². The van der Waals surface area contributed by atoms with Gasteiger partial charge in [-0.1, -0.05) is 29.8 Å². The molecule has 23 heavy (non-hydrogen) atoms. The number of carboxylic acid groups (broad SMARTS) is 1. The van der Waals surface area contributed by atoms with Gasteiger partial charge in [-0.2, -0.15) is 0 Å². The molecule has 0 radical (unpaired) electrons. The summed E-state index contributed by atoms with van der Waals surface area (Å²) in [5, 5.41) is 12.1. The summed E-state index contributed by atoms with van der Waals surface area (Å²) in [4.78, 5) is 27.5. The maximum Gasteiger partial charge on any atom is 0.305 e. The molecule has 7 heteroatoms. The zero-order valence-electron chi connectivity index (χ0n) is 12.3. The molecule has 2 aromatic rings. The fourth-order valence-corrected chi connectivity index (χ4v) is 2.39. The van der Waals surface area contributed by atoms with Gasteiger partial charge in [0.25, 0.3) is 5.91 Å². The first kappa shape index (κ1) is 16.8. The minimum atomic E-state index is -1.05. The molecule has 0 aliphatic rings. The third-order valence-corrected chi connectivity index (χ3v) is 3.51. The van der Waals surface area contributed by atoms with Crippen LogP contribution in [0.1, 0.15) is 28.5 Å². The van der Waals surface area contributed by atoms with Gasteiger partial charge in [0, 0.05) is 11.2 Å². The third-order valence-electron chi connectivity index (χ3n) is 3.17. The number of methoxy groups -OCH3 is 1. The van der Waals surface area contributed by atoms with Crippen LogP contribution in [0.5, 0.6) is 5.75 Å². The second-order valence-corrected chi connectivity index (χ2v) is 5.11. The zero-order valence-corrected chi connectivity index (χ0v) is 13.1. The Labute approximate surface area is 138 Å². The van der Waals surface area contributed by atoms with Gasteiger partial charge in [0.1, 0.15) is 5.75 Å². The van der Waals surface area contributed by atoms with Gasteiger partial charge in [0.15, 0.2) is 5.69 Å². The molecule has 0 unspecified atom stereocenters. The fraction of sp³-hybridized carbons (Fsp3) is 0.188. The number of nitrogens with one attached hydrogen (secondary N) is 1. The van der Waals surface area contributed by atoms with Crippen molar-refractivity contribution in [3.63, 3.8) is 0 Å². The summed E-state index contributed by atoms with van der Waals surface area (Å²) in [6.07, 6.45) is 1.16. The number of carboxylic acids is 1. The van der Waals surface area contributed by atoms with Crippen molar-refractivity contribution in [3.8, 4) is 5.75 Å². The maximum absolute atomic E-state index is 12.4. The Balaban J connectivity index is 2.29. The second kappa shape index (κ2) is 7.60.